The highest BCUT2D eigenvalue weighted by atomic mass is 16.1. The van der Waals surface area contributed by atoms with E-state index in [0.29, 0.717) is 18.6 Å². The van der Waals surface area contributed by atoms with Crippen LogP contribution in [-0.4, -0.2) is 20.8 Å². The summed E-state index contributed by atoms with van der Waals surface area (Å²) in [5.74, 6) is 0.316. The van der Waals surface area contributed by atoms with Crippen LogP contribution in [0.15, 0.2) is 6.20 Å². The van der Waals surface area contributed by atoms with Gasteiger partial charge in [-0.25, -0.2) is 0 Å². The van der Waals surface area contributed by atoms with Crippen molar-refractivity contribution in [3.05, 3.63) is 11.9 Å². The van der Waals surface area contributed by atoms with E-state index in [1.54, 1.807) is 0 Å². The van der Waals surface area contributed by atoms with Gasteiger partial charge in [-0.15, -0.1) is 5.10 Å². The maximum atomic E-state index is 11.1. The first kappa shape index (κ1) is 17.8. The number of hydrogen-bond acceptors (Lipinski definition) is 3. The van der Waals surface area contributed by atoms with Crippen LogP contribution in [0.3, 0.4) is 0 Å². The lowest BCUT2D eigenvalue weighted by atomic mass is 9.93. The maximum absolute atomic E-state index is 11.1. The highest BCUT2D eigenvalue weighted by Gasteiger charge is 2.17. The highest BCUT2D eigenvalue weighted by Crippen LogP contribution is 2.18. The second kappa shape index (κ2) is 8.83. The summed E-state index contributed by atoms with van der Waals surface area (Å²) < 4.78 is 1.82. The summed E-state index contributed by atoms with van der Waals surface area (Å²) in [6, 6.07) is 0. The van der Waals surface area contributed by atoms with Crippen LogP contribution >= 0.6 is 0 Å². The van der Waals surface area contributed by atoms with E-state index in [0.717, 1.165) is 18.7 Å². The predicted molar refractivity (Wildman–Crippen MR) is 79.2 cm³/mol. The van der Waals surface area contributed by atoms with E-state index in [4.69, 9.17) is 0 Å². The van der Waals surface area contributed by atoms with Crippen LogP contribution in [-0.2, 0) is 16.8 Å². The Kier molecular flexibility index (Phi) is 8.28. The molecule has 0 aliphatic rings. The van der Waals surface area contributed by atoms with Crippen molar-refractivity contribution in [2.45, 2.75) is 79.2 Å². The fourth-order valence-corrected chi connectivity index (χ4v) is 1.37. The average molecular weight is 267 g/mol. The van der Waals surface area contributed by atoms with E-state index in [1.807, 2.05) is 17.8 Å². The number of hydrogen-bond donors (Lipinski definition) is 0. The number of nitrogens with zero attached hydrogens (tertiary/aromatic N) is 3. The van der Waals surface area contributed by atoms with Gasteiger partial charge in [0, 0.05) is 31.0 Å². The van der Waals surface area contributed by atoms with Gasteiger partial charge in [0.15, 0.2) is 0 Å². The maximum Gasteiger partial charge on any atom is 0.132 e. The summed E-state index contributed by atoms with van der Waals surface area (Å²) in [6.45, 7) is 13.3. The van der Waals surface area contributed by atoms with Gasteiger partial charge in [0.2, 0.25) is 0 Å². The number of aryl methyl sites for hydroxylation is 1. The van der Waals surface area contributed by atoms with Gasteiger partial charge in [0.25, 0.3) is 0 Å². The van der Waals surface area contributed by atoms with Gasteiger partial charge >= 0.3 is 0 Å². The monoisotopic (exact) mass is 267 g/mol. The van der Waals surface area contributed by atoms with Crippen LogP contribution in [0.25, 0.3) is 0 Å². The van der Waals surface area contributed by atoms with Crippen LogP contribution < -0.4 is 0 Å². The van der Waals surface area contributed by atoms with Crippen molar-refractivity contribution in [1.82, 2.24) is 15.0 Å². The second-order valence-corrected chi connectivity index (χ2v) is 5.82. The van der Waals surface area contributed by atoms with Crippen LogP contribution in [0.1, 0.15) is 72.9 Å². The summed E-state index contributed by atoms with van der Waals surface area (Å²) in [4.78, 5) is 11.1. The summed E-state index contributed by atoms with van der Waals surface area (Å²) >= 11 is 0. The van der Waals surface area contributed by atoms with E-state index >= 15 is 0 Å². The molecule has 0 radical (unpaired) electrons. The Labute approximate surface area is 117 Å². The topological polar surface area (TPSA) is 47.8 Å². The number of carbonyl (C=O) groups is 1. The number of aromatic nitrogens is 3. The van der Waals surface area contributed by atoms with E-state index in [2.05, 4.69) is 44.9 Å². The van der Waals surface area contributed by atoms with Crippen LogP contribution in [0.4, 0.5) is 0 Å². The van der Waals surface area contributed by atoms with Gasteiger partial charge in [-0.3, -0.25) is 9.48 Å². The number of Topliss-reactive ketones (excluding diaryl/α,β-unsaturated/α-hetero) is 1. The average Bonchev–Trinajstić information content (AvgIpc) is 2.78. The molecule has 4 heteroatoms. The van der Waals surface area contributed by atoms with Gasteiger partial charge in [0.05, 0.1) is 5.69 Å². The lowest BCUT2D eigenvalue weighted by Gasteiger charge is -2.12. The molecule has 1 rings (SSSR count). The molecule has 0 saturated carbocycles. The van der Waals surface area contributed by atoms with Gasteiger partial charge in [-0.2, -0.15) is 0 Å². The molecule has 0 saturated heterocycles. The van der Waals surface area contributed by atoms with Crippen LogP contribution in [0.2, 0.25) is 0 Å². The van der Waals surface area contributed by atoms with Crippen LogP contribution in [0.5, 0.6) is 0 Å². The first-order chi connectivity index (χ1) is 8.85. The smallest absolute Gasteiger partial charge is 0.132 e. The fraction of sp³-hybridized carbons (Fsp3) is 0.800. The first-order valence-electron chi connectivity index (χ1n) is 7.27. The Morgan fingerprint density at radius 2 is 1.84 bits per heavy atom. The molecular formula is C15H29N3O. The van der Waals surface area contributed by atoms with Crippen molar-refractivity contribution >= 4 is 5.78 Å². The van der Waals surface area contributed by atoms with E-state index < -0.39 is 0 Å². The molecule has 0 bridgehead atoms. The molecule has 1 aromatic rings. The normalized spacial score (nSPS) is 10.8. The molecule has 0 aliphatic heterocycles. The van der Waals surface area contributed by atoms with Crippen molar-refractivity contribution in [2.24, 2.45) is 0 Å². The van der Waals surface area contributed by atoms with Crippen molar-refractivity contribution in [1.29, 1.82) is 0 Å². The SMILES string of the molecule is CCC.CCC(=O)CCCn1cc(C(C)(C)C)nn1. The Morgan fingerprint density at radius 3 is 2.26 bits per heavy atom. The highest BCUT2D eigenvalue weighted by molar-refractivity contribution is 5.77. The molecule has 0 amide bonds. The Balaban J connectivity index is 0.000000982. The Morgan fingerprint density at radius 1 is 1.26 bits per heavy atom. The molecule has 0 N–H and O–H groups in total. The van der Waals surface area contributed by atoms with Crippen molar-refractivity contribution in [2.75, 3.05) is 0 Å². The molecule has 19 heavy (non-hydrogen) atoms. The van der Waals surface area contributed by atoms with Crippen molar-refractivity contribution in [3.63, 3.8) is 0 Å². The minimum Gasteiger partial charge on any atom is -0.300 e. The van der Waals surface area contributed by atoms with Gasteiger partial charge in [-0.1, -0.05) is 53.2 Å². The predicted octanol–water partition coefficient (Wildman–Crippen LogP) is 3.75. The molecule has 4 nitrogen and oxygen atoms in total. The number of carbonyl (C=O) groups excluding carboxylic acids is 1. The second-order valence-electron chi connectivity index (χ2n) is 5.82. The molecule has 0 spiro atoms. The molecule has 0 aliphatic carbocycles. The zero-order valence-corrected chi connectivity index (χ0v) is 13.4. The third kappa shape index (κ3) is 7.75. The summed E-state index contributed by atoms with van der Waals surface area (Å²) in [6.07, 6.45) is 5.34. The summed E-state index contributed by atoms with van der Waals surface area (Å²) in [5.41, 5.74) is 1.03. The molecule has 1 heterocycles. The van der Waals surface area contributed by atoms with E-state index in [9.17, 15) is 4.79 Å². The minimum absolute atomic E-state index is 0.0392. The van der Waals surface area contributed by atoms with E-state index in [-0.39, 0.29) is 5.41 Å². The quantitative estimate of drug-likeness (QED) is 0.816. The molecule has 110 valence electrons. The minimum atomic E-state index is 0.0392. The third-order valence-corrected chi connectivity index (χ3v) is 2.54. The Hall–Kier alpha value is -1.19. The largest absolute Gasteiger partial charge is 0.300 e. The number of rotatable bonds is 5. The molecule has 0 fully saturated rings. The van der Waals surface area contributed by atoms with E-state index in [1.165, 1.54) is 6.42 Å². The molecule has 0 unspecified atom stereocenters. The molecule has 0 aromatic carbocycles. The van der Waals surface area contributed by atoms with Crippen LogP contribution in [0, 0.1) is 0 Å². The third-order valence-electron chi connectivity index (χ3n) is 2.54. The number of ketones is 1. The summed E-state index contributed by atoms with van der Waals surface area (Å²) in [5, 5.41) is 8.19. The lowest BCUT2D eigenvalue weighted by molar-refractivity contribution is -0.118. The summed E-state index contributed by atoms with van der Waals surface area (Å²) in [7, 11) is 0. The fourth-order valence-electron chi connectivity index (χ4n) is 1.37. The zero-order valence-electron chi connectivity index (χ0n) is 13.4. The van der Waals surface area contributed by atoms with Gasteiger partial charge in [-0.05, 0) is 6.42 Å². The van der Waals surface area contributed by atoms with Gasteiger partial charge < -0.3 is 0 Å². The Bertz CT molecular complexity index is 364. The van der Waals surface area contributed by atoms with Gasteiger partial charge in [0.1, 0.15) is 5.78 Å². The zero-order chi connectivity index (χ0) is 14.9. The van der Waals surface area contributed by atoms with Crippen molar-refractivity contribution < 1.29 is 4.79 Å². The lowest BCUT2D eigenvalue weighted by Crippen LogP contribution is -2.11. The van der Waals surface area contributed by atoms with Crippen molar-refractivity contribution in [3.8, 4) is 0 Å². The molecule has 1 aromatic heterocycles. The molecular weight excluding hydrogens is 238 g/mol. The first-order valence-corrected chi connectivity index (χ1v) is 7.27. The molecule has 0 atom stereocenters. The standard InChI is InChI=1S/C12H21N3O.C3H8/c1-5-10(16)7-6-8-15-9-11(13-14-15)12(2,3)4;1-3-2/h9H,5-8H2,1-4H3;3H2,1-2H3.